The fraction of sp³-hybridized carbons (Fsp3) is 0.812. The number of hydrogen-bond donors (Lipinski definition) is 1. The van der Waals surface area contributed by atoms with Gasteiger partial charge in [0.25, 0.3) is 0 Å². The first-order valence-electron chi connectivity index (χ1n) is 8.03. The van der Waals surface area contributed by atoms with Crippen LogP contribution in [-0.4, -0.2) is 24.6 Å². The SMILES string of the molecule is CCCNC(C)c1csc(N(C)C2CCC(C)CC2)n1. The van der Waals surface area contributed by atoms with E-state index in [0.29, 0.717) is 12.1 Å². The van der Waals surface area contributed by atoms with Crippen molar-refractivity contribution in [3.63, 3.8) is 0 Å². The van der Waals surface area contributed by atoms with Crippen molar-refractivity contribution >= 4 is 16.5 Å². The second kappa shape index (κ2) is 7.41. The van der Waals surface area contributed by atoms with E-state index in [9.17, 15) is 0 Å². The van der Waals surface area contributed by atoms with Gasteiger partial charge in [-0.15, -0.1) is 11.3 Å². The Morgan fingerprint density at radius 2 is 2.10 bits per heavy atom. The lowest BCUT2D eigenvalue weighted by atomic mass is 9.87. The number of rotatable bonds is 6. The van der Waals surface area contributed by atoms with Crippen LogP contribution in [0.25, 0.3) is 0 Å². The molecule has 20 heavy (non-hydrogen) atoms. The highest BCUT2D eigenvalue weighted by atomic mass is 32.1. The molecule has 1 N–H and O–H groups in total. The summed E-state index contributed by atoms with van der Waals surface area (Å²) in [5, 5.41) is 6.91. The average Bonchev–Trinajstić information content (AvgIpc) is 2.94. The minimum absolute atomic E-state index is 0.361. The fourth-order valence-corrected chi connectivity index (χ4v) is 3.84. The maximum Gasteiger partial charge on any atom is 0.185 e. The van der Waals surface area contributed by atoms with Crippen molar-refractivity contribution < 1.29 is 0 Å². The quantitative estimate of drug-likeness (QED) is 0.851. The molecule has 0 amide bonds. The molecule has 1 aromatic heterocycles. The van der Waals surface area contributed by atoms with E-state index in [4.69, 9.17) is 4.98 Å². The van der Waals surface area contributed by atoms with Gasteiger partial charge in [-0.25, -0.2) is 4.98 Å². The largest absolute Gasteiger partial charge is 0.348 e. The van der Waals surface area contributed by atoms with Crippen molar-refractivity contribution in [2.24, 2.45) is 5.92 Å². The van der Waals surface area contributed by atoms with Gasteiger partial charge in [-0.1, -0.05) is 13.8 Å². The second-order valence-electron chi connectivity index (χ2n) is 6.26. The van der Waals surface area contributed by atoms with E-state index in [2.05, 4.69) is 43.4 Å². The van der Waals surface area contributed by atoms with Crippen LogP contribution in [0.5, 0.6) is 0 Å². The Hall–Kier alpha value is -0.610. The minimum Gasteiger partial charge on any atom is -0.348 e. The van der Waals surface area contributed by atoms with Gasteiger partial charge in [0.15, 0.2) is 5.13 Å². The van der Waals surface area contributed by atoms with E-state index in [1.807, 2.05) is 0 Å². The van der Waals surface area contributed by atoms with Crippen molar-refractivity contribution in [1.29, 1.82) is 0 Å². The third kappa shape index (κ3) is 3.95. The Kier molecular flexibility index (Phi) is 5.85. The van der Waals surface area contributed by atoms with Crippen LogP contribution in [0.15, 0.2) is 5.38 Å². The lowest BCUT2D eigenvalue weighted by Crippen LogP contribution is -2.34. The molecule has 0 radical (unpaired) electrons. The molecule has 1 atom stereocenters. The van der Waals surface area contributed by atoms with Crippen LogP contribution in [-0.2, 0) is 0 Å². The minimum atomic E-state index is 0.361. The number of thiazole rings is 1. The second-order valence-corrected chi connectivity index (χ2v) is 7.09. The molecule has 1 saturated carbocycles. The van der Waals surface area contributed by atoms with Crippen LogP contribution in [0.4, 0.5) is 5.13 Å². The predicted molar refractivity (Wildman–Crippen MR) is 88.6 cm³/mol. The molecule has 0 aromatic carbocycles. The van der Waals surface area contributed by atoms with Gasteiger partial charge in [-0.2, -0.15) is 0 Å². The summed E-state index contributed by atoms with van der Waals surface area (Å²) < 4.78 is 0. The monoisotopic (exact) mass is 295 g/mol. The number of nitrogens with one attached hydrogen (secondary N) is 1. The van der Waals surface area contributed by atoms with Crippen LogP contribution in [0.1, 0.15) is 64.6 Å². The lowest BCUT2D eigenvalue weighted by Gasteiger charge is -2.33. The van der Waals surface area contributed by atoms with Gasteiger partial charge < -0.3 is 10.2 Å². The summed E-state index contributed by atoms with van der Waals surface area (Å²) in [7, 11) is 2.22. The van der Waals surface area contributed by atoms with Gasteiger partial charge >= 0.3 is 0 Å². The summed E-state index contributed by atoms with van der Waals surface area (Å²) in [4.78, 5) is 7.25. The number of hydrogen-bond acceptors (Lipinski definition) is 4. The van der Waals surface area contributed by atoms with E-state index in [1.165, 1.54) is 42.9 Å². The molecular weight excluding hydrogens is 266 g/mol. The Balaban J connectivity index is 1.93. The molecule has 2 rings (SSSR count). The van der Waals surface area contributed by atoms with Gasteiger partial charge in [0.1, 0.15) is 0 Å². The molecule has 1 heterocycles. The van der Waals surface area contributed by atoms with Gasteiger partial charge in [0.2, 0.25) is 0 Å². The van der Waals surface area contributed by atoms with E-state index in [-0.39, 0.29) is 0 Å². The molecule has 0 bridgehead atoms. The highest BCUT2D eigenvalue weighted by Crippen LogP contribution is 2.31. The first-order valence-corrected chi connectivity index (χ1v) is 8.91. The molecule has 1 aliphatic rings. The van der Waals surface area contributed by atoms with E-state index >= 15 is 0 Å². The van der Waals surface area contributed by atoms with Crippen molar-refractivity contribution in [2.75, 3.05) is 18.5 Å². The van der Waals surface area contributed by atoms with Gasteiger partial charge in [-0.3, -0.25) is 0 Å². The van der Waals surface area contributed by atoms with Gasteiger partial charge in [0.05, 0.1) is 5.69 Å². The summed E-state index contributed by atoms with van der Waals surface area (Å²) in [5.74, 6) is 0.907. The topological polar surface area (TPSA) is 28.2 Å². The number of nitrogens with zero attached hydrogens (tertiary/aromatic N) is 2. The first kappa shape index (κ1) is 15.8. The molecule has 4 heteroatoms. The smallest absolute Gasteiger partial charge is 0.185 e. The summed E-state index contributed by atoms with van der Waals surface area (Å²) >= 11 is 1.79. The predicted octanol–water partition coefficient (Wildman–Crippen LogP) is 4.22. The maximum absolute atomic E-state index is 4.84. The van der Waals surface area contributed by atoms with Crippen LogP contribution < -0.4 is 10.2 Å². The van der Waals surface area contributed by atoms with Crippen molar-refractivity contribution in [1.82, 2.24) is 10.3 Å². The molecule has 1 aromatic rings. The molecule has 0 aliphatic heterocycles. The molecule has 0 spiro atoms. The summed E-state index contributed by atoms with van der Waals surface area (Å²) in [5.41, 5.74) is 1.19. The molecule has 1 fully saturated rings. The molecule has 114 valence electrons. The zero-order valence-corrected chi connectivity index (χ0v) is 14.2. The Bertz CT molecular complexity index is 396. The maximum atomic E-state index is 4.84. The van der Waals surface area contributed by atoms with Crippen LogP contribution in [0.3, 0.4) is 0 Å². The Morgan fingerprint density at radius 3 is 2.75 bits per heavy atom. The molecule has 1 aliphatic carbocycles. The first-order chi connectivity index (χ1) is 9.61. The summed E-state index contributed by atoms with van der Waals surface area (Å²) in [6.07, 6.45) is 6.53. The number of anilines is 1. The number of aromatic nitrogens is 1. The van der Waals surface area contributed by atoms with Gasteiger partial charge in [0, 0.05) is 24.5 Å². The van der Waals surface area contributed by atoms with Crippen molar-refractivity contribution in [3.05, 3.63) is 11.1 Å². The van der Waals surface area contributed by atoms with Crippen LogP contribution in [0, 0.1) is 5.92 Å². The zero-order valence-electron chi connectivity index (χ0n) is 13.4. The lowest BCUT2D eigenvalue weighted by molar-refractivity contribution is 0.340. The third-order valence-corrected chi connectivity index (χ3v) is 5.44. The Labute approximate surface area is 127 Å². The van der Waals surface area contributed by atoms with E-state index < -0.39 is 0 Å². The molecule has 1 unspecified atom stereocenters. The molecule has 3 nitrogen and oxygen atoms in total. The van der Waals surface area contributed by atoms with Crippen LogP contribution >= 0.6 is 11.3 Å². The Morgan fingerprint density at radius 1 is 1.40 bits per heavy atom. The van der Waals surface area contributed by atoms with Crippen molar-refractivity contribution in [3.8, 4) is 0 Å². The van der Waals surface area contributed by atoms with E-state index in [1.54, 1.807) is 11.3 Å². The van der Waals surface area contributed by atoms with Gasteiger partial charge in [-0.05, 0) is 51.5 Å². The zero-order chi connectivity index (χ0) is 14.5. The standard InChI is InChI=1S/C16H29N3S/c1-5-10-17-13(3)15-11-20-16(18-15)19(4)14-8-6-12(2)7-9-14/h11-14,17H,5-10H2,1-4H3. The van der Waals surface area contributed by atoms with Crippen molar-refractivity contribution in [2.45, 2.75) is 65.0 Å². The van der Waals surface area contributed by atoms with E-state index in [0.717, 1.165) is 12.5 Å². The summed E-state index contributed by atoms with van der Waals surface area (Å²) in [6, 6.07) is 1.05. The average molecular weight is 295 g/mol. The fourth-order valence-electron chi connectivity index (χ4n) is 2.89. The van der Waals surface area contributed by atoms with Crippen LogP contribution in [0.2, 0.25) is 0 Å². The third-order valence-electron chi connectivity index (χ3n) is 4.49. The normalized spacial score (nSPS) is 24.6. The molecular formula is C16H29N3S. The summed E-state index contributed by atoms with van der Waals surface area (Å²) in [6.45, 7) is 7.84. The highest BCUT2D eigenvalue weighted by molar-refractivity contribution is 7.13. The molecule has 0 saturated heterocycles. The highest BCUT2D eigenvalue weighted by Gasteiger charge is 2.23.